The fourth-order valence-corrected chi connectivity index (χ4v) is 3.47. The van der Waals surface area contributed by atoms with Crippen LogP contribution in [0.4, 0.5) is 65.9 Å². The van der Waals surface area contributed by atoms with Gasteiger partial charge >= 0.3 is 41.5 Å². The van der Waals surface area contributed by atoms with Crippen molar-refractivity contribution in [2.45, 2.75) is 48.5 Å². The van der Waals surface area contributed by atoms with Crippen LogP contribution in [-0.2, 0) is 0 Å². The molecule has 0 heterocycles. The van der Waals surface area contributed by atoms with Gasteiger partial charge in [-0.3, -0.25) is 4.99 Å². The first-order valence-corrected chi connectivity index (χ1v) is 11.1. The standard InChI is InChI=1S/C22H14F15NS/c1-11-7-8-13(9-14(11)12-5-3-2-4-6-12)15(38-10-39-22(35,36)37)17(25,26)19(29,30)21(33,34)20(31,32)18(27,28)16(23)24/h2-9,16H,10H2,1H3. The molecule has 0 aliphatic carbocycles. The maximum atomic E-state index is 15.0. The lowest BCUT2D eigenvalue weighted by atomic mass is 9.88. The summed E-state index contributed by atoms with van der Waals surface area (Å²) < 4.78 is 203. The number of alkyl halides is 15. The third-order valence-electron chi connectivity index (χ3n) is 5.22. The van der Waals surface area contributed by atoms with E-state index in [9.17, 15) is 57.1 Å². The lowest BCUT2D eigenvalue weighted by molar-refractivity contribution is -0.404. The van der Waals surface area contributed by atoms with Crippen molar-refractivity contribution in [3.63, 3.8) is 0 Å². The topological polar surface area (TPSA) is 12.4 Å². The van der Waals surface area contributed by atoms with E-state index in [4.69, 9.17) is 0 Å². The normalized spacial score (nSPS) is 14.7. The number of nitrogens with zero attached hydrogens (tertiary/aromatic N) is 1. The third-order valence-corrected chi connectivity index (χ3v) is 5.81. The highest BCUT2D eigenvalue weighted by Gasteiger charge is 2.88. The van der Waals surface area contributed by atoms with Crippen LogP contribution < -0.4 is 0 Å². The molecule has 0 aromatic heterocycles. The average molecular weight is 609 g/mol. The highest BCUT2D eigenvalue weighted by molar-refractivity contribution is 8.00. The van der Waals surface area contributed by atoms with E-state index in [1.807, 2.05) is 0 Å². The largest absolute Gasteiger partial charge is 0.443 e. The summed E-state index contributed by atoms with van der Waals surface area (Å²) in [6.45, 7) is 1.36. The van der Waals surface area contributed by atoms with E-state index in [-0.39, 0.29) is 16.7 Å². The van der Waals surface area contributed by atoms with Crippen molar-refractivity contribution in [1.29, 1.82) is 0 Å². The van der Waals surface area contributed by atoms with Crippen LogP contribution in [0, 0.1) is 6.92 Å². The van der Waals surface area contributed by atoms with Crippen molar-refractivity contribution in [2.75, 3.05) is 5.88 Å². The molecule has 0 radical (unpaired) electrons. The van der Waals surface area contributed by atoms with Gasteiger partial charge in [0, 0.05) is 5.56 Å². The SMILES string of the molecule is Cc1ccc(C(=NCSC(F)(F)F)C(F)(F)C(F)(F)C(F)(F)C(F)(F)C(F)(F)C(F)F)cc1-c1ccccc1. The van der Waals surface area contributed by atoms with E-state index >= 15 is 8.78 Å². The molecule has 0 atom stereocenters. The lowest BCUT2D eigenvalue weighted by Gasteiger charge is -2.39. The monoisotopic (exact) mass is 609 g/mol. The van der Waals surface area contributed by atoms with Gasteiger partial charge in [-0.25, -0.2) is 8.78 Å². The van der Waals surface area contributed by atoms with Crippen molar-refractivity contribution in [2.24, 2.45) is 4.99 Å². The number of aryl methyl sites for hydroxylation is 1. The number of hydrogen-bond donors (Lipinski definition) is 0. The van der Waals surface area contributed by atoms with Crippen LogP contribution in [0.1, 0.15) is 11.1 Å². The molecule has 0 saturated heterocycles. The Morgan fingerprint density at radius 2 is 1.28 bits per heavy atom. The minimum atomic E-state index is -7.87. The number of aliphatic imine (C=N–C) groups is 1. The molecule has 0 spiro atoms. The first kappa shape index (κ1) is 32.6. The maximum absolute atomic E-state index is 15.0. The zero-order valence-corrected chi connectivity index (χ0v) is 19.7. The van der Waals surface area contributed by atoms with E-state index < -0.39 is 70.5 Å². The van der Waals surface area contributed by atoms with Crippen molar-refractivity contribution in [3.05, 3.63) is 59.7 Å². The molecule has 2 aromatic carbocycles. The van der Waals surface area contributed by atoms with Gasteiger partial charge in [0.2, 0.25) is 0 Å². The Morgan fingerprint density at radius 1 is 0.744 bits per heavy atom. The Kier molecular flexibility index (Phi) is 9.00. The third kappa shape index (κ3) is 5.96. The van der Waals surface area contributed by atoms with Gasteiger partial charge in [-0.2, -0.15) is 57.1 Å². The quantitative estimate of drug-likeness (QED) is 0.193. The van der Waals surface area contributed by atoms with Crippen molar-refractivity contribution < 1.29 is 65.9 Å². The Morgan fingerprint density at radius 3 is 1.77 bits per heavy atom. The van der Waals surface area contributed by atoms with Gasteiger partial charge in [0.25, 0.3) is 0 Å². The molecule has 1 nitrogen and oxygen atoms in total. The summed E-state index contributed by atoms with van der Waals surface area (Å²) in [6.07, 6.45) is -5.69. The van der Waals surface area contributed by atoms with Crippen molar-refractivity contribution in [3.8, 4) is 11.1 Å². The van der Waals surface area contributed by atoms with Gasteiger partial charge in [-0.15, -0.1) is 0 Å². The summed E-state index contributed by atoms with van der Waals surface area (Å²) in [5, 5.41) is 0. The second-order valence-electron chi connectivity index (χ2n) is 7.84. The fourth-order valence-electron chi connectivity index (χ4n) is 3.13. The van der Waals surface area contributed by atoms with Gasteiger partial charge < -0.3 is 0 Å². The van der Waals surface area contributed by atoms with Crippen LogP contribution in [0.5, 0.6) is 0 Å². The highest BCUT2D eigenvalue weighted by Crippen LogP contribution is 2.58. The summed E-state index contributed by atoms with van der Waals surface area (Å²) in [7, 11) is 0. The van der Waals surface area contributed by atoms with Crippen LogP contribution in [0.3, 0.4) is 0 Å². The molecule has 0 saturated carbocycles. The van der Waals surface area contributed by atoms with Gasteiger partial charge in [0.15, 0.2) is 0 Å². The average Bonchev–Trinajstić information content (AvgIpc) is 2.81. The molecule has 0 aliphatic heterocycles. The Balaban J connectivity index is 2.78. The first-order chi connectivity index (χ1) is 17.5. The summed E-state index contributed by atoms with van der Waals surface area (Å²) in [4.78, 5) is 2.59. The lowest BCUT2D eigenvalue weighted by Crippen LogP contribution is -2.70. The summed E-state index contributed by atoms with van der Waals surface area (Å²) in [5.41, 5.74) is -8.74. The van der Waals surface area contributed by atoms with Crippen molar-refractivity contribution in [1.82, 2.24) is 0 Å². The molecule has 0 amide bonds. The minimum Gasteiger partial charge on any atom is -0.271 e. The van der Waals surface area contributed by atoms with E-state index in [2.05, 4.69) is 4.99 Å². The molecule has 0 unspecified atom stereocenters. The zero-order valence-electron chi connectivity index (χ0n) is 18.9. The summed E-state index contributed by atoms with van der Waals surface area (Å²) >= 11 is -1.21. The molecule has 17 heteroatoms. The second-order valence-corrected chi connectivity index (χ2v) is 8.85. The number of benzene rings is 2. The van der Waals surface area contributed by atoms with Crippen LogP contribution in [0.15, 0.2) is 53.5 Å². The molecular formula is C22H14F15NS. The van der Waals surface area contributed by atoms with Crippen LogP contribution in [-0.4, -0.2) is 53.1 Å². The van der Waals surface area contributed by atoms with Gasteiger partial charge in [0.05, 0.1) is 5.88 Å². The molecule has 0 N–H and O–H groups in total. The van der Waals surface area contributed by atoms with Gasteiger partial charge in [0.1, 0.15) is 5.71 Å². The van der Waals surface area contributed by atoms with E-state index in [0.29, 0.717) is 12.1 Å². The van der Waals surface area contributed by atoms with E-state index in [1.54, 1.807) is 0 Å². The Labute approximate surface area is 214 Å². The van der Waals surface area contributed by atoms with Crippen LogP contribution >= 0.6 is 11.8 Å². The first-order valence-electron chi connectivity index (χ1n) is 10.1. The van der Waals surface area contributed by atoms with E-state index in [1.165, 1.54) is 37.3 Å². The maximum Gasteiger partial charge on any atom is 0.443 e. The minimum absolute atomic E-state index is 0.0651. The van der Waals surface area contributed by atoms with E-state index in [0.717, 1.165) is 6.07 Å². The molecule has 2 aromatic rings. The molecule has 2 rings (SSSR count). The Hall–Kier alpha value is -2.59. The molecule has 0 bridgehead atoms. The molecule has 39 heavy (non-hydrogen) atoms. The molecule has 218 valence electrons. The van der Waals surface area contributed by atoms with Crippen LogP contribution in [0.25, 0.3) is 11.1 Å². The van der Waals surface area contributed by atoms with Gasteiger partial charge in [-0.05, 0) is 41.4 Å². The highest BCUT2D eigenvalue weighted by atomic mass is 32.2. The van der Waals surface area contributed by atoms with Gasteiger partial charge in [-0.1, -0.05) is 42.5 Å². The predicted octanol–water partition coefficient (Wildman–Crippen LogP) is 9.10. The molecule has 0 fully saturated rings. The second kappa shape index (κ2) is 10.8. The predicted molar refractivity (Wildman–Crippen MR) is 112 cm³/mol. The number of thioether (sulfide) groups is 1. The molecular weight excluding hydrogens is 595 g/mol. The molecule has 0 aliphatic rings. The van der Waals surface area contributed by atoms with Crippen LogP contribution in [0.2, 0.25) is 0 Å². The fraction of sp³-hybridized carbons (Fsp3) is 0.409. The number of rotatable bonds is 10. The Bertz CT molecular complexity index is 1170. The smallest absolute Gasteiger partial charge is 0.271 e. The van der Waals surface area contributed by atoms with Crippen molar-refractivity contribution >= 4 is 17.5 Å². The number of hydrogen-bond acceptors (Lipinski definition) is 2. The number of halogens is 15. The zero-order chi connectivity index (χ0) is 30.2. The summed E-state index contributed by atoms with van der Waals surface area (Å²) in [6, 6.07) is 9.08. The summed E-state index contributed by atoms with van der Waals surface area (Å²) in [5.74, 6) is -39.0.